The summed E-state index contributed by atoms with van der Waals surface area (Å²) in [6.45, 7) is 4.58. The van der Waals surface area contributed by atoms with E-state index in [-0.39, 0.29) is 18.4 Å². The number of aromatic nitrogens is 1. The lowest BCUT2D eigenvalue weighted by molar-refractivity contribution is -0.122. The van der Waals surface area contributed by atoms with Gasteiger partial charge in [0.05, 0.1) is 16.8 Å². The number of hydrogen-bond donors (Lipinski definition) is 2. The van der Waals surface area contributed by atoms with Gasteiger partial charge in [0.1, 0.15) is 24.2 Å². The number of carbonyl (C=O) groups is 2. The summed E-state index contributed by atoms with van der Waals surface area (Å²) in [4.78, 5) is 24.7. The zero-order valence-corrected chi connectivity index (χ0v) is 15.0. The first-order valence-corrected chi connectivity index (χ1v) is 8.78. The summed E-state index contributed by atoms with van der Waals surface area (Å²) in [6.07, 6.45) is 2.46. The van der Waals surface area contributed by atoms with Crippen molar-refractivity contribution >= 4 is 11.8 Å². The molecule has 1 saturated heterocycles. The fraction of sp³-hybridized carbons (Fsp3) is 0.421. The second-order valence-electron chi connectivity index (χ2n) is 6.40. The van der Waals surface area contributed by atoms with Gasteiger partial charge < -0.3 is 19.9 Å². The molecule has 2 N–H and O–H groups in total. The Morgan fingerprint density at radius 1 is 1.35 bits per heavy atom. The number of hydrogen-bond acceptors (Lipinski definition) is 5. The summed E-state index contributed by atoms with van der Waals surface area (Å²) >= 11 is 0. The predicted octanol–water partition coefficient (Wildman–Crippen LogP) is 2.27. The SMILES string of the molecule is Cc1noc(C)c1COc1ccccc1C(=O)NC1CCCCNC1=O. The highest BCUT2D eigenvalue weighted by Gasteiger charge is 2.24. The van der Waals surface area contributed by atoms with Gasteiger partial charge in [-0.3, -0.25) is 9.59 Å². The van der Waals surface area contributed by atoms with Gasteiger partial charge >= 0.3 is 0 Å². The van der Waals surface area contributed by atoms with Gasteiger partial charge in [-0.2, -0.15) is 0 Å². The number of aryl methyl sites for hydroxylation is 2. The topological polar surface area (TPSA) is 93.5 Å². The van der Waals surface area contributed by atoms with E-state index in [1.54, 1.807) is 24.3 Å². The molecule has 1 unspecified atom stereocenters. The summed E-state index contributed by atoms with van der Waals surface area (Å²) < 4.78 is 11.0. The quantitative estimate of drug-likeness (QED) is 0.856. The van der Waals surface area contributed by atoms with Crippen LogP contribution in [-0.4, -0.2) is 29.6 Å². The van der Waals surface area contributed by atoms with Gasteiger partial charge in [0.2, 0.25) is 5.91 Å². The lowest BCUT2D eigenvalue weighted by Crippen LogP contribution is -2.45. The molecule has 1 fully saturated rings. The number of para-hydroxylation sites is 1. The Labute approximate surface area is 152 Å². The van der Waals surface area contributed by atoms with Gasteiger partial charge in [-0.25, -0.2) is 0 Å². The lowest BCUT2D eigenvalue weighted by atomic mass is 10.1. The van der Waals surface area contributed by atoms with Gasteiger partial charge in [-0.15, -0.1) is 0 Å². The monoisotopic (exact) mass is 357 g/mol. The van der Waals surface area contributed by atoms with Crippen LogP contribution < -0.4 is 15.4 Å². The highest BCUT2D eigenvalue weighted by molar-refractivity contribution is 5.99. The third-order valence-corrected chi connectivity index (χ3v) is 4.53. The van der Waals surface area contributed by atoms with Gasteiger partial charge in [0.15, 0.2) is 0 Å². The molecule has 1 aromatic heterocycles. The van der Waals surface area contributed by atoms with E-state index >= 15 is 0 Å². The summed E-state index contributed by atoms with van der Waals surface area (Å²) in [5, 5.41) is 9.54. The largest absolute Gasteiger partial charge is 0.488 e. The molecule has 26 heavy (non-hydrogen) atoms. The highest BCUT2D eigenvalue weighted by Crippen LogP contribution is 2.22. The molecule has 0 saturated carbocycles. The molecule has 2 heterocycles. The summed E-state index contributed by atoms with van der Waals surface area (Å²) in [6, 6.07) is 6.48. The van der Waals surface area contributed by atoms with Crippen LogP contribution in [0.4, 0.5) is 0 Å². The van der Waals surface area contributed by atoms with Gasteiger partial charge in [-0.1, -0.05) is 17.3 Å². The van der Waals surface area contributed by atoms with Crippen molar-refractivity contribution in [1.82, 2.24) is 15.8 Å². The molecule has 1 atom stereocenters. The number of carbonyl (C=O) groups excluding carboxylic acids is 2. The van der Waals surface area contributed by atoms with Gasteiger partial charge in [0.25, 0.3) is 5.91 Å². The van der Waals surface area contributed by atoms with Crippen LogP contribution in [0.2, 0.25) is 0 Å². The average Bonchev–Trinajstić information content (AvgIpc) is 2.82. The zero-order chi connectivity index (χ0) is 18.5. The molecule has 0 spiro atoms. The highest BCUT2D eigenvalue weighted by atomic mass is 16.5. The molecule has 1 aliphatic heterocycles. The average molecular weight is 357 g/mol. The molecule has 0 bridgehead atoms. The zero-order valence-electron chi connectivity index (χ0n) is 15.0. The van der Waals surface area contributed by atoms with E-state index in [4.69, 9.17) is 9.26 Å². The second-order valence-corrected chi connectivity index (χ2v) is 6.40. The van der Waals surface area contributed by atoms with Crippen LogP contribution in [0.25, 0.3) is 0 Å². The molecule has 1 aliphatic rings. The van der Waals surface area contributed by atoms with Crippen molar-refractivity contribution in [3.05, 3.63) is 46.8 Å². The smallest absolute Gasteiger partial charge is 0.255 e. The number of amides is 2. The minimum atomic E-state index is -0.513. The van der Waals surface area contributed by atoms with E-state index in [2.05, 4.69) is 15.8 Å². The van der Waals surface area contributed by atoms with Crippen LogP contribution in [-0.2, 0) is 11.4 Å². The maximum atomic E-state index is 12.7. The third-order valence-electron chi connectivity index (χ3n) is 4.53. The van der Waals surface area contributed by atoms with E-state index in [1.807, 2.05) is 13.8 Å². The number of nitrogens with one attached hydrogen (secondary N) is 2. The van der Waals surface area contributed by atoms with Crippen molar-refractivity contribution in [2.75, 3.05) is 6.54 Å². The number of rotatable bonds is 5. The first kappa shape index (κ1) is 18.0. The Hall–Kier alpha value is -2.83. The van der Waals surface area contributed by atoms with Crippen LogP contribution >= 0.6 is 0 Å². The van der Waals surface area contributed by atoms with Crippen LogP contribution in [0, 0.1) is 13.8 Å². The van der Waals surface area contributed by atoms with E-state index in [0.29, 0.717) is 30.0 Å². The molecular weight excluding hydrogens is 334 g/mol. The molecule has 0 radical (unpaired) electrons. The first-order valence-electron chi connectivity index (χ1n) is 8.78. The van der Waals surface area contributed by atoms with Crippen LogP contribution in [0.5, 0.6) is 5.75 Å². The van der Waals surface area contributed by atoms with Crippen molar-refractivity contribution in [2.24, 2.45) is 0 Å². The Kier molecular flexibility index (Phi) is 5.55. The van der Waals surface area contributed by atoms with E-state index in [1.165, 1.54) is 0 Å². The molecule has 2 aromatic rings. The first-order chi connectivity index (χ1) is 12.6. The standard InChI is InChI=1S/C19H23N3O4/c1-12-15(13(2)26-22-12)11-25-17-9-4-3-7-14(17)18(23)21-16-8-5-6-10-20-19(16)24/h3-4,7,9,16H,5-6,8,10-11H2,1-2H3,(H,20,24)(H,21,23). The summed E-state index contributed by atoms with van der Waals surface area (Å²) in [5.41, 5.74) is 2.03. The maximum Gasteiger partial charge on any atom is 0.255 e. The Morgan fingerprint density at radius 2 is 2.15 bits per heavy atom. The van der Waals surface area contributed by atoms with Crippen LogP contribution in [0.3, 0.4) is 0 Å². The van der Waals surface area contributed by atoms with Crippen molar-refractivity contribution in [2.45, 2.75) is 45.8 Å². The fourth-order valence-electron chi connectivity index (χ4n) is 2.95. The lowest BCUT2D eigenvalue weighted by Gasteiger charge is -2.17. The fourth-order valence-corrected chi connectivity index (χ4v) is 2.95. The number of benzene rings is 1. The third kappa shape index (κ3) is 4.04. The molecule has 7 nitrogen and oxygen atoms in total. The van der Waals surface area contributed by atoms with Crippen LogP contribution in [0.15, 0.2) is 28.8 Å². The van der Waals surface area contributed by atoms with Crippen LogP contribution in [0.1, 0.15) is 46.6 Å². The number of ether oxygens (including phenoxy) is 1. The normalized spacial score (nSPS) is 17.3. The summed E-state index contributed by atoms with van der Waals surface area (Å²) in [5.74, 6) is 0.699. The van der Waals surface area contributed by atoms with Gasteiger partial charge in [0, 0.05) is 6.54 Å². The van der Waals surface area contributed by atoms with E-state index in [9.17, 15) is 9.59 Å². The molecular formula is C19H23N3O4. The van der Waals surface area contributed by atoms with E-state index in [0.717, 1.165) is 24.1 Å². The Bertz CT molecular complexity index is 780. The molecule has 3 rings (SSSR count). The summed E-state index contributed by atoms with van der Waals surface area (Å²) in [7, 11) is 0. The Balaban J connectivity index is 1.71. The molecule has 138 valence electrons. The maximum absolute atomic E-state index is 12.7. The molecule has 7 heteroatoms. The second kappa shape index (κ2) is 8.03. The van der Waals surface area contributed by atoms with Crippen molar-refractivity contribution in [3.8, 4) is 5.75 Å². The minimum absolute atomic E-state index is 0.134. The number of nitrogens with zero attached hydrogens (tertiary/aromatic N) is 1. The predicted molar refractivity (Wildman–Crippen MR) is 94.9 cm³/mol. The van der Waals surface area contributed by atoms with Crippen molar-refractivity contribution < 1.29 is 18.8 Å². The molecule has 2 amide bonds. The van der Waals surface area contributed by atoms with Gasteiger partial charge in [-0.05, 0) is 45.2 Å². The molecule has 0 aliphatic carbocycles. The Morgan fingerprint density at radius 3 is 2.92 bits per heavy atom. The minimum Gasteiger partial charge on any atom is -0.488 e. The van der Waals surface area contributed by atoms with Crippen molar-refractivity contribution in [1.29, 1.82) is 0 Å². The van der Waals surface area contributed by atoms with E-state index < -0.39 is 6.04 Å². The van der Waals surface area contributed by atoms with Crippen molar-refractivity contribution in [3.63, 3.8) is 0 Å². The molecule has 1 aromatic carbocycles.